The minimum Gasteiger partial charge on any atom is -0.350 e. The first-order valence-corrected chi connectivity index (χ1v) is 8.18. The van der Waals surface area contributed by atoms with Crippen LogP contribution in [-0.4, -0.2) is 62.1 Å². The Kier molecular flexibility index (Phi) is 4.02. The molecule has 1 saturated heterocycles. The van der Waals surface area contributed by atoms with Crippen LogP contribution in [0.4, 0.5) is 0 Å². The van der Waals surface area contributed by atoms with Crippen molar-refractivity contribution in [2.75, 3.05) is 26.2 Å². The summed E-state index contributed by atoms with van der Waals surface area (Å²) >= 11 is 0. The first-order valence-electron chi connectivity index (χ1n) is 8.18. The van der Waals surface area contributed by atoms with Gasteiger partial charge in [0.25, 0.3) is 5.91 Å². The van der Waals surface area contributed by atoms with Crippen molar-refractivity contribution in [1.29, 1.82) is 0 Å². The minimum atomic E-state index is -0.137. The van der Waals surface area contributed by atoms with Gasteiger partial charge in [0, 0.05) is 43.1 Å². The van der Waals surface area contributed by atoms with E-state index in [-0.39, 0.29) is 11.3 Å². The van der Waals surface area contributed by atoms with Crippen molar-refractivity contribution in [3.05, 3.63) is 58.4 Å². The average Bonchev–Trinajstić information content (AvgIpc) is 3.15. The first-order chi connectivity index (χ1) is 12.2. The molecule has 1 fully saturated rings. The number of carbonyl (C=O) groups is 1. The maximum Gasteiger partial charge on any atom is 0.270 e. The van der Waals surface area contributed by atoms with E-state index in [1.165, 1.54) is 12.4 Å². The van der Waals surface area contributed by atoms with E-state index in [9.17, 15) is 9.59 Å². The number of H-pyrrole nitrogens is 2. The Hall–Kier alpha value is -3.00. The molecule has 0 unspecified atom stereocenters. The summed E-state index contributed by atoms with van der Waals surface area (Å²) in [6.07, 6.45) is 1.49. The van der Waals surface area contributed by atoms with E-state index in [4.69, 9.17) is 0 Å². The number of piperazine rings is 1. The van der Waals surface area contributed by atoms with Gasteiger partial charge in [-0.15, -0.1) is 0 Å². The Labute approximate surface area is 143 Å². The predicted octanol–water partition coefficient (Wildman–Crippen LogP) is 0.604. The lowest BCUT2D eigenvalue weighted by Crippen LogP contribution is -2.48. The van der Waals surface area contributed by atoms with Crippen LogP contribution in [0.1, 0.15) is 16.3 Å². The topological polar surface area (TPSA) is 98.0 Å². The molecule has 1 aliphatic rings. The van der Waals surface area contributed by atoms with Crippen LogP contribution in [0.15, 0.2) is 41.5 Å². The van der Waals surface area contributed by atoms with Crippen molar-refractivity contribution in [2.24, 2.45) is 0 Å². The highest BCUT2D eigenvalue weighted by Gasteiger charge is 2.23. The molecule has 2 N–H and O–H groups in total. The van der Waals surface area contributed by atoms with Crippen molar-refractivity contribution in [3.63, 3.8) is 0 Å². The highest BCUT2D eigenvalue weighted by Crippen LogP contribution is 2.11. The molecule has 0 saturated carbocycles. The Morgan fingerprint density at radius 3 is 2.72 bits per heavy atom. The summed E-state index contributed by atoms with van der Waals surface area (Å²) in [5.41, 5.74) is 0.886. The van der Waals surface area contributed by atoms with E-state index in [1.54, 1.807) is 11.0 Å². The van der Waals surface area contributed by atoms with E-state index in [1.807, 2.05) is 18.2 Å². The standard InChI is InChI=1S/C17H18N6O2/c24-15-9-14(20-13-4-2-1-3-12(13)15)17(25)23-7-5-22(6-8-23)10-16-18-11-19-21-16/h1-4,9,11H,5-8,10H2,(H,20,24)(H,18,19,21). The molecular weight excluding hydrogens is 320 g/mol. The third-order valence-corrected chi connectivity index (χ3v) is 4.47. The third-order valence-electron chi connectivity index (χ3n) is 4.47. The summed E-state index contributed by atoms with van der Waals surface area (Å²) in [5.74, 6) is 0.681. The monoisotopic (exact) mass is 338 g/mol. The molecule has 0 spiro atoms. The van der Waals surface area contributed by atoms with Gasteiger partial charge in [0.2, 0.25) is 0 Å². The summed E-state index contributed by atoms with van der Waals surface area (Å²) in [5, 5.41) is 7.28. The van der Waals surface area contributed by atoms with E-state index in [0.29, 0.717) is 36.2 Å². The average molecular weight is 338 g/mol. The van der Waals surface area contributed by atoms with Gasteiger partial charge in [-0.2, -0.15) is 5.10 Å². The van der Waals surface area contributed by atoms with Gasteiger partial charge in [0.15, 0.2) is 5.43 Å². The SMILES string of the molecule is O=C(c1cc(=O)c2ccccc2[nH]1)N1CCN(Cc2ncn[nH]2)CC1. The van der Waals surface area contributed by atoms with Gasteiger partial charge in [-0.3, -0.25) is 19.6 Å². The van der Waals surface area contributed by atoms with Crippen molar-refractivity contribution < 1.29 is 4.79 Å². The number of hydrogen-bond acceptors (Lipinski definition) is 5. The smallest absolute Gasteiger partial charge is 0.270 e. The lowest BCUT2D eigenvalue weighted by atomic mass is 10.2. The molecule has 0 bridgehead atoms. The molecule has 8 heteroatoms. The zero-order valence-electron chi connectivity index (χ0n) is 13.6. The maximum atomic E-state index is 12.7. The van der Waals surface area contributed by atoms with Gasteiger partial charge in [-0.1, -0.05) is 12.1 Å². The van der Waals surface area contributed by atoms with Crippen LogP contribution in [0.25, 0.3) is 10.9 Å². The van der Waals surface area contributed by atoms with Crippen LogP contribution < -0.4 is 5.43 Å². The molecule has 1 aliphatic heterocycles. The summed E-state index contributed by atoms with van der Waals surface area (Å²) < 4.78 is 0. The number of nitrogens with zero attached hydrogens (tertiary/aromatic N) is 4. The number of fused-ring (bicyclic) bond motifs is 1. The summed E-state index contributed by atoms with van der Waals surface area (Å²) in [6, 6.07) is 8.61. The second-order valence-electron chi connectivity index (χ2n) is 6.09. The van der Waals surface area contributed by atoms with E-state index >= 15 is 0 Å². The van der Waals surface area contributed by atoms with E-state index in [0.717, 1.165) is 18.9 Å². The number of aromatic amines is 2. The Bertz CT molecular complexity index is 941. The molecule has 2 aromatic heterocycles. The highest BCUT2D eigenvalue weighted by atomic mass is 16.2. The van der Waals surface area contributed by atoms with E-state index in [2.05, 4.69) is 25.1 Å². The summed E-state index contributed by atoms with van der Waals surface area (Å²) in [7, 11) is 0. The van der Waals surface area contributed by atoms with Crippen LogP contribution in [-0.2, 0) is 6.54 Å². The molecule has 8 nitrogen and oxygen atoms in total. The fraction of sp³-hybridized carbons (Fsp3) is 0.294. The molecule has 0 radical (unpaired) electrons. The largest absolute Gasteiger partial charge is 0.350 e. The minimum absolute atomic E-state index is 0.137. The summed E-state index contributed by atoms with van der Waals surface area (Å²) in [4.78, 5) is 36.1. The van der Waals surface area contributed by atoms with Gasteiger partial charge < -0.3 is 9.88 Å². The Balaban J connectivity index is 1.46. The quantitative estimate of drug-likeness (QED) is 0.729. The Morgan fingerprint density at radius 2 is 1.96 bits per heavy atom. The molecule has 1 amide bonds. The number of benzene rings is 1. The van der Waals surface area contributed by atoms with Crippen LogP contribution in [0, 0.1) is 0 Å². The highest BCUT2D eigenvalue weighted by molar-refractivity contribution is 5.94. The molecule has 3 heterocycles. The second kappa shape index (κ2) is 6.48. The molecular formula is C17H18N6O2. The lowest BCUT2D eigenvalue weighted by Gasteiger charge is -2.34. The van der Waals surface area contributed by atoms with Gasteiger partial charge in [-0.25, -0.2) is 4.98 Å². The maximum absolute atomic E-state index is 12.7. The molecule has 0 aliphatic carbocycles. The van der Waals surface area contributed by atoms with Crippen molar-refractivity contribution in [2.45, 2.75) is 6.54 Å². The fourth-order valence-electron chi connectivity index (χ4n) is 3.11. The fourth-order valence-corrected chi connectivity index (χ4v) is 3.11. The number of aromatic nitrogens is 4. The normalized spacial score (nSPS) is 15.6. The first kappa shape index (κ1) is 15.5. The van der Waals surface area contributed by atoms with Crippen LogP contribution in [0.5, 0.6) is 0 Å². The summed E-state index contributed by atoms with van der Waals surface area (Å²) in [6.45, 7) is 3.42. The number of nitrogens with one attached hydrogen (secondary N) is 2. The van der Waals surface area contributed by atoms with Gasteiger partial charge in [0.05, 0.1) is 6.54 Å². The van der Waals surface area contributed by atoms with Gasteiger partial charge in [-0.05, 0) is 12.1 Å². The van der Waals surface area contributed by atoms with Gasteiger partial charge >= 0.3 is 0 Å². The predicted molar refractivity (Wildman–Crippen MR) is 92.1 cm³/mol. The number of amides is 1. The van der Waals surface area contributed by atoms with Crippen LogP contribution in [0.2, 0.25) is 0 Å². The molecule has 0 atom stereocenters. The molecule has 1 aromatic carbocycles. The molecule has 3 aromatic rings. The Morgan fingerprint density at radius 1 is 1.16 bits per heavy atom. The van der Waals surface area contributed by atoms with Crippen molar-refractivity contribution in [1.82, 2.24) is 30.0 Å². The molecule has 4 rings (SSSR count). The van der Waals surface area contributed by atoms with Crippen molar-refractivity contribution in [3.8, 4) is 0 Å². The second-order valence-corrected chi connectivity index (χ2v) is 6.09. The van der Waals surface area contributed by atoms with Crippen LogP contribution >= 0.6 is 0 Å². The van der Waals surface area contributed by atoms with Gasteiger partial charge in [0.1, 0.15) is 17.8 Å². The number of hydrogen-bond donors (Lipinski definition) is 2. The number of carbonyl (C=O) groups excluding carboxylic acids is 1. The number of pyridine rings is 1. The lowest BCUT2D eigenvalue weighted by molar-refractivity contribution is 0.0620. The number of rotatable bonds is 3. The molecule has 25 heavy (non-hydrogen) atoms. The van der Waals surface area contributed by atoms with Crippen molar-refractivity contribution >= 4 is 16.8 Å². The zero-order chi connectivity index (χ0) is 17.2. The number of para-hydroxylation sites is 1. The zero-order valence-corrected chi connectivity index (χ0v) is 13.6. The van der Waals surface area contributed by atoms with Crippen LogP contribution in [0.3, 0.4) is 0 Å². The molecule has 128 valence electrons. The van der Waals surface area contributed by atoms with E-state index < -0.39 is 0 Å². The third kappa shape index (κ3) is 3.16.